The molecule has 112 valence electrons. The smallest absolute Gasteiger partial charge is 0.240 e. The van der Waals surface area contributed by atoms with Crippen molar-refractivity contribution < 1.29 is 9.53 Å². The fraction of sp³-hybridized carbons (Fsp3) is 0.467. The molecule has 0 bridgehead atoms. The molecule has 0 radical (unpaired) electrons. The Morgan fingerprint density at radius 3 is 3.00 bits per heavy atom. The lowest BCUT2D eigenvalue weighted by atomic mass is 9.90. The van der Waals surface area contributed by atoms with Crippen molar-refractivity contribution in [1.82, 2.24) is 14.7 Å². The van der Waals surface area contributed by atoms with Crippen LogP contribution < -0.4 is 11.1 Å². The molecule has 0 unspecified atom stereocenters. The van der Waals surface area contributed by atoms with Crippen LogP contribution in [-0.4, -0.2) is 40.6 Å². The van der Waals surface area contributed by atoms with E-state index in [1.165, 1.54) is 0 Å². The minimum atomic E-state index is -0.781. The zero-order chi connectivity index (χ0) is 14.7. The van der Waals surface area contributed by atoms with E-state index < -0.39 is 5.54 Å². The first-order chi connectivity index (χ1) is 10.2. The molecule has 3 N–H and O–H groups in total. The van der Waals surface area contributed by atoms with Crippen LogP contribution in [0.1, 0.15) is 18.5 Å². The lowest BCUT2D eigenvalue weighted by Gasteiger charge is -2.31. The molecule has 0 spiro atoms. The van der Waals surface area contributed by atoms with Crippen LogP contribution in [0.25, 0.3) is 5.65 Å². The lowest BCUT2D eigenvalue weighted by molar-refractivity contribution is -0.129. The second kappa shape index (κ2) is 5.83. The Morgan fingerprint density at radius 1 is 1.43 bits per heavy atom. The monoisotopic (exact) mass is 288 g/mol. The van der Waals surface area contributed by atoms with E-state index in [2.05, 4.69) is 10.3 Å². The highest BCUT2D eigenvalue weighted by Crippen LogP contribution is 2.17. The van der Waals surface area contributed by atoms with Crippen molar-refractivity contribution in [3.63, 3.8) is 0 Å². The maximum absolute atomic E-state index is 12.2. The third-order valence-corrected chi connectivity index (χ3v) is 3.92. The molecule has 0 atom stereocenters. The van der Waals surface area contributed by atoms with E-state index in [4.69, 9.17) is 10.5 Å². The molecule has 1 saturated heterocycles. The maximum atomic E-state index is 12.2. The summed E-state index contributed by atoms with van der Waals surface area (Å²) in [5.41, 5.74) is 7.22. The minimum absolute atomic E-state index is 0.0884. The van der Waals surface area contributed by atoms with Crippen molar-refractivity contribution in [1.29, 1.82) is 0 Å². The average Bonchev–Trinajstić information content (AvgIpc) is 2.90. The largest absolute Gasteiger partial charge is 0.381 e. The first-order valence-corrected chi connectivity index (χ1v) is 7.25. The highest BCUT2D eigenvalue weighted by Gasteiger charge is 2.35. The maximum Gasteiger partial charge on any atom is 0.240 e. The van der Waals surface area contributed by atoms with Gasteiger partial charge in [-0.2, -0.15) is 0 Å². The quantitative estimate of drug-likeness (QED) is 0.858. The molecule has 0 saturated carbocycles. The molecule has 3 heterocycles. The molecule has 6 nitrogen and oxygen atoms in total. The minimum Gasteiger partial charge on any atom is -0.381 e. The molecule has 1 amide bonds. The molecule has 0 aliphatic carbocycles. The third-order valence-electron chi connectivity index (χ3n) is 3.92. The van der Waals surface area contributed by atoms with E-state index in [-0.39, 0.29) is 5.91 Å². The van der Waals surface area contributed by atoms with Crippen LogP contribution in [0.5, 0.6) is 0 Å². The number of pyridine rings is 1. The molecule has 1 fully saturated rings. The van der Waals surface area contributed by atoms with E-state index in [9.17, 15) is 4.79 Å². The summed E-state index contributed by atoms with van der Waals surface area (Å²) in [5, 5.41) is 2.92. The van der Waals surface area contributed by atoms with Crippen molar-refractivity contribution in [3.05, 3.63) is 36.3 Å². The van der Waals surface area contributed by atoms with Gasteiger partial charge in [-0.15, -0.1) is 0 Å². The van der Waals surface area contributed by atoms with Gasteiger partial charge >= 0.3 is 0 Å². The van der Waals surface area contributed by atoms with Crippen molar-refractivity contribution >= 4 is 11.6 Å². The molecule has 3 rings (SSSR count). The number of hydrogen-bond acceptors (Lipinski definition) is 4. The number of rotatable bonds is 4. The number of ether oxygens (including phenoxy) is 1. The number of aromatic nitrogens is 2. The van der Waals surface area contributed by atoms with Gasteiger partial charge in [-0.05, 0) is 25.0 Å². The van der Waals surface area contributed by atoms with Crippen molar-refractivity contribution in [2.24, 2.45) is 5.73 Å². The fourth-order valence-electron chi connectivity index (χ4n) is 2.55. The number of nitrogens with two attached hydrogens (primary N) is 1. The van der Waals surface area contributed by atoms with E-state index in [1.807, 2.05) is 35.0 Å². The second-order valence-electron chi connectivity index (χ2n) is 5.47. The third kappa shape index (κ3) is 3.06. The molecule has 2 aromatic heterocycles. The highest BCUT2D eigenvalue weighted by molar-refractivity contribution is 5.86. The van der Waals surface area contributed by atoms with E-state index in [0.29, 0.717) is 39.0 Å². The van der Waals surface area contributed by atoms with E-state index in [1.54, 1.807) is 0 Å². The standard InChI is InChI=1S/C15H20N4O2/c16-15(5-9-21-10-6-15)14(20)17-7-4-12-11-19-8-2-1-3-13(19)18-12/h1-3,8,11H,4-7,9-10,16H2,(H,17,20). The van der Waals surface area contributed by atoms with Gasteiger partial charge in [-0.1, -0.05) is 6.07 Å². The summed E-state index contributed by atoms with van der Waals surface area (Å²) in [6.45, 7) is 1.65. The Bertz CT molecular complexity index is 598. The van der Waals surface area contributed by atoms with Gasteiger partial charge in [0.25, 0.3) is 0 Å². The Hall–Kier alpha value is -1.92. The van der Waals surface area contributed by atoms with E-state index >= 15 is 0 Å². The molecule has 21 heavy (non-hydrogen) atoms. The van der Waals surface area contributed by atoms with Gasteiger partial charge in [0.1, 0.15) is 5.65 Å². The number of fused-ring (bicyclic) bond motifs is 1. The highest BCUT2D eigenvalue weighted by atomic mass is 16.5. The SMILES string of the molecule is NC1(C(=O)NCCc2cn3ccccc3n2)CCOCC1. The summed E-state index contributed by atoms with van der Waals surface area (Å²) in [4.78, 5) is 16.7. The van der Waals surface area contributed by atoms with Gasteiger partial charge in [0.05, 0.1) is 11.2 Å². The Kier molecular flexibility index (Phi) is 3.90. The number of imidazole rings is 1. The van der Waals surface area contributed by atoms with Gasteiger partial charge < -0.3 is 20.2 Å². The van der Waals surface area contributed by atoms with Gasteiger partial charge in [0.15, 0.2) is 0 Å². The molecular weight excluding hydrogens is 268 g/mol. The first kappa shape index (κ1) is 14.0. The molecule has 1 aliphatic heterocycles. The number of carbonyl (C=O) groups is 1. The Morgan fingerprint density at radius 2 is 2.24 bits per heavy atom. The molecule has 6 heteroatoms. The summed E-state index contributed by atoms with van der Waals surface area (Å²) in [7, 11) is 0. The van der Waals surface area contributed by atoms with Crippen LogP contribution in [0.3, 0.4) is 0 Å². The predicted octanol–water partition coefficient (Wildman–Crippen LogP) is 0.501. The number of amides is 1. The first-order valence-electron chi connectivity index (χ1n) is 7.25. The molecule has 1 aliphatic rings. The summed E-state index contributed by atoms with van der Waals surface area (Å²) < 4.78 is 7.22. The lowest BCUT2D eigenvalue weighted by Crippen LogP contribution is -2.57. The van der Waals surface area contributed by atoms with Crippen LogP contribution in [-0.2, 0) is 16.0 Å². The van der Waals surface area contributed by atoms with Gasteiger partial charge in [0, 0.05) is 38.6 Å². The van der Waals surface area contributed by atoms with Gasteiger partial charge in [0.2, 0.25) is 5.91 Å². The van der Waals surface area contributed by atoms with Crippen LogP contribution in [0.2, 0.25) is 0 Å². The fourth-order valence-corrected chi connectivity index (χ4v) is 2.55. The molecular formula is C15H20N4O2. The van der Waals surface area contributed by atoms with Gasteiger partial charge in [-0.25, -0.2) is 4.98 Å². The number of nitrogens with zero attached hydrogens (tertiary/aromatic N) is 2. The zero-order valence-electron chi connectivity index (χ0n) is 11.9. The summed E-state index contributed by atoms with van der Waals surface area (Å²) >= 11 is 0. The molecule has 0 aromatic carbocycles. The van der Waals surface area contributed by atoms with Crippen molar-refractivity contribution in [2.75, 3.05) is 19.8 Å². The number of hydrogen-bond donors (Lipinski definition) is 2. The number of carbonyl (C=O) groups excluding carboxylic acids is 1. The van der Waals surface area contributed by atoms with Gasteiger partial charge in [-0.3, -0.25) is 4.79 Å². The van der Waals surface area contributed by atoms with Crippen LogP contribution in [0, 0.1) is 0 Å². The summed E-state index contributed by atoms with van der Waals surface area (Å²) in [6.07, 6.45) is 5.79. The topological polar surface area (TPSA) is 81.7 Å². The number of nitrogens with one attached hydrogen (secondary N) is 1. The van der Waals surface area contributed by atoms with E-state index in [0.717, 1.165) is 11.3 Å². The summed E-state index contributed by atoms with van der Waals surface area (Å²) in [6, 6.07) is 5.87. The average molecular weight is 288 g/mol. The summed E-state index contributed by atoms with van der Waals surface area (Å²) in [5.74, 6) is -0.0884. The van der Waals surface area contributed by atoms with Crippen LogP contribution in [0.4, 0.5) is 0 Å². The predicted molar refractivity (Wildman–Crippen MR) is 78.9 cm³/mol. The van der Waals surface area contributed by atoms with Crippen LogP contribution in [0.15, 0.2) is 30.6 Å². The normalized spacial score (nSPS) is 17.8. The Labute approximate surface area is 123 Å². The molecule has 2 aromatic rings. The Balaban J connectivity index is 1.54. The second-order valence-corrected chi connectivity index (χ2v) is 5.47. The van der Waals surface area contributed by atoms with Crippen LogP contribution >= 0.6 is 0 Å². The zero-order valence-corrected chi connectivity index (χ0v) is 11.9. The van der Waals surface area contributed by atoms with Crippen molar-refractivity contribution in [3.8, 4) is 0 Å². The van der Waals surface area contributed by atoms with Crippen molar-refractivity contribution in [2.45, 2.75) is 24.8 Å².